The second-order valence-electron chi connectivity index (χ2n) is 8.96. The normalized spacial score (nSPS) is 12.4. The van der Waals surface area contributed by atoms with Crippen LogP contribution in [0.2, 0.25) is 0 Å². The summed E-state index contributed by atoms with van der Waals surface area (Å²) in [5.74, 6) is -2.16. The van der Waals surface area contributed by atoms with Crippen LogP contribution in [0.4, 0.5) is 8.63 Å². The monoisotopic (exact) mass is 374 g/mol. The topological polar surface area (TPSA) is 0 Å². The molecule has 0 heterocycles. The van der Waals surface area contributed by atoms with E-state index in [-0.39, 0.29) is 0 Å². The van der Waals surface area contributed by atoms with Crippen molar-refractivity contribution in [2.45, 2.75) is 41.5 Å². The Bertz CT molecular complexity index is 735. The van der Waals surface area contributed by atoms with E-state index in [1.807, 2.05) is 41.5 Å². The first-order valence-corrected chi connectivity index (χ1v) is 12.5. The first-order valence-electron chi connectivity index (χ1n) is 9.26. The molecule has 26 heavy (non-hydrogen) atoms. The van der Waals surface area contributed by atoms with Crippen LogP contribution in [-0.2, 0) is 0 Å². The fraction of sp³-hybridized carbons (Fsp3) is 0.429. The van der Waals surface area contributed by atoms with E-state index >= 15 is 8.63 Å². The van der Waals surface area contributed by atoms with E-state index in [0.29, 0.717) is 0 Å². The number of hydrogen-bond donors (Lipinski definition) is 0. The Labute approximate surface area is 159 Å². The van der Waals surface area contributed by atoms with Crippen molar-refractivity contribution in [3.8, 4) is 0 Å². The molecule has 0 saturated carbocycles. The van der Waals surface area contributed by atoms with Crippen molar-refractivity contribution in [3.05, 3.63) is 57.6 Å². The standard InChI is InChI=1S/C21H31B2F2P/c1-14-10-16(3)20(17(4)11-14)23(22(24)25,26(7,8)9)21-18(5)12-15(2)13-19(21)6/h10-13H,1-9H3. The minimum absolute atomic E-state index is 0.890. The second-order valence-corrected chi connectivity index (χ2v) is 14.0. The quantitative estimate of drug-likeness (QED) is 0.522. The highest BCUT2D eigenvalue weighted by molar-refractivity contribution is 8.18. The maximum atomic E-state index is 15.2. The molecule has 0 atom stereocenters. The third kappa shape index (κ3) is 3.26. The zero-order valence-electron chi connectivity index (χ0n) is 17.7. The van der Waals surface area contributed by atoms with Gasteiger partial charge < -0.3 is 8.63 Å². The van der Waals surface area contributed by atoms with Crippen molar-refractivity contribution in [3.63, 3.8) is 0 Å². The minimum Gasteiger partial charge on any atom is -0.330 e. The average Bonchev–Trinajstić information content (AvgIpc) is 2.41. The highest BCUT2D eigenvalue weighted by Gasteiger charge is 2.58. The number of rotatable bonds is 4. The second kappa shape index (κ2) is 7.12. The van der Waals surface area contributed by atoms with E-state index in [1.54, 1.807) is 0 Å². The lowest BCUT2D eigenvalue weighted by molar-refractivity contribution is 0.694. The summed E-state index contributed by atoms with van der Waals surface area (Å²) >= 11 is 0. The van der Waals surface area contributed by atoms with Gasteiger partial charge in [-0.3, -0.25) is 0 Å². The van der Waals surface area contributed by atoms with Gasteiger partial charge in [0.1, 0.15) is 0 Å². The van der Waals surface area contributed by atoms with E-state index in [9.17, 15) is 0 Å². The van der Waals surface area contributed by atoms with E-state index in [4.69, 9.17) is 0 Å². The third-order valence-corrected chi connectivity index (χ3v) is 9.13. The molecular weight excluding hydrogens is 343 g/mol. The molecule has 0 fully saturated rings. The highest BCUT2D eigenvalue weighted by Crippen LogP contribution is 2.58. The predicted octanol–water partition coefficient (Wildman–Crippen LogP) is 5.01. The van der Waals surface area contributed by atoms with E-state index in [2.05, 4.69) is 44.3 Å². The summed E-state index contributed by atoms with van der Waals surface area (Å²) in [7, 11) is -4.38. The zero-order valence-corrected chi connectivity index (χ0v) is 18.6. The largest absolute Gasteiger partial charge is 0.426 e. The van der Waals surface area contributed by atoms with Crippen LogP contribution in [0.25, 0.3) is 0 Å². The first-order chi connectivity index (χ1) is 11.8. The fourth-order valence-corrected chi connectivity index (χ4v) is 8.32. The number of hydrogen-bond acceptors (Lipinski definition) is 0. The maximum absolute atomic E-state index is 15.2. The highest BCUT2D eigenvalue weighted by atomic mass is 31.2. The third-order valence-electron chi connectivity index (χ3n) is 5.94. The molecule has 5 heteroatoms. The van der Waals surface area contributed by atoms with Crippen molar-refractivity contribution >= 4 is 31.0 Å². The van der Waals surface area contributed by atoms with Crippen LogP contribution in [0.1, 0.15) is 33.4 Å². The molecule has 0 N–H and O–H groups in total. The Morgan fingerprint density at radius 3 is 1.12 bits per heavy atom. The summed E-state index contributed by atoms with van der Waals surface area (Å²) in [5.41, 5.74) is 8.03. The molecule has 0 bridgehead atoms. The summed E-state index contributed by atoms with van der Waals surface area (Å²) in [6.07, 6.45) is 0. The van der Waals surface area contributed by atoms with Crippen molar-refractivity contribution in [2.75, 3.05) is 20.0 Å². The van der Waals surface area contributed by atoms with Gasteiger partial charge in [0.15, 0.2) is 0 Å². The SMILES string of the molecule is Cc1cc(C)c([B-](B(F)F)(c2c(C)cc(C)cc2C)[P+](C)(C)C)c(C)c1. The first kappa shape index (κ1) is 21.2. The maximum Gasteiger partial charge on any atom is 0.426 e. The van der Waals surface area contributed by atoms with Crippen molar-refractivity contribution in [1.82, 2.24) is 0 Å². The molecule has 0 aromatic heterocycles. The lowest BCUT2D eigenvalue weighted by Crippen LogP contribution is -2.70. The summed E-state index contributed by atoms with van der Waals surface area (Å²) in [4.78, 5) is 0. The minimum atomic E-state index is -2.40. The lowest BCUT2D eigenvalue weighted by atomic mass is 9.17. The van der Waals surface area contributed by atoms with E-state index < -0.39 is 20.1 Å². The van der Waals surface area contributed by atoms with Gasteiger partial charge in [0, 0.05) is 20.0 Å². The van der Waals surface area contributed by atoms with Crippen molar-refractivity contribution < 1.29 is 8.63 Å². The van der Waals surface area contributed by atoms with Gasteiger partial charge in [-0.15, -0.1) is 7.14 Å². The summed E-state index contributed by atoms with van der Waals surface area (Å²) < 4.78 is 30.4. The van der Waals surface area contributed by atoms with Gasteiger partial charge in [-0.25, -0.2) is 0 Å². The molecule has 140 valence electrons. The molecule has 2 aromatic carbocycles. The van der Waals surface area contributed by atoms with Crippen LogP contribution in [-0.4, -0.2) is 32.9 Å². The molecule has 0 radical (unpaired) electrons. The van der Waals surface area contributed by atoms with Gasteiger partial charge in [-0.2, -0.15) is 10.9 Å². The molecule has 2 rings (SSSR count). The predicted molar refractivity (Wildman–Crippen MR) is 119 cm³/mol. The molecule has 0 nitrogen and oxygen atoms in total. The molecule has 0 aliphatic rings. The van der Waals surface area contributed by atoms with Gasteiger partial charge in [0.25, 0.3) is 5.76 Å². The van der Waals surface area contributed by atoms with Gasteiger partial charge in [0.2, 0.25) is 0 Å². The fourth-order valence-electron chi connectivity index (χ4n) is 5.28. The summed E-state index contributed by atoms with van der Waals surface area (Å²) in [5, 5.41) is 0. The molecule has 0 aliphatic carbocycles. The van der Waals surface area contributed by atoms with Gasteiger partial charge >= 0.3 is 7.16 Å². The number of benzene rings is 2. The van der Waals surface area contributed by atoms with Gasteiger partial charge in [0.05, 0.1) is 0 Å². The molecular formula is C21H31B2F2P. The Morgan fingerprint density at radius 1 is 0.654 bits per heavy atom. The lowest BCUT2D eigenvalue weighted by Gasteiger charge is -2.47. The van der Waals surface area contributed by atoms with Crippen molar-refractivity contribution in [2.24, 2.45) is 0 Å². The number of halogens is 2. The zero-order chi connectivity index (χ0) is 20.0. The van der Waals surface area contributed by atoms with Crippen LogP contribution >= 0.6 is 7.14 Å². The van der Waals surface area contributed by atoms with Crippen LogP contribution in [0, 0.1) is 41.5 Å². The van der Waals surface area contributed by atoms with Crippen LogP contribution in [0.3, 0.4) is 0 Å². The molecule has 0 amide bonds. The van der Waals surface area contributed by atoms with Gasteiger partial charge in [-0.05, 0) is 41.5 Å². The molecule has 0 saturated heterocycles. The Balaban J connectivity index is 3.10. The average molecular weight is 374 g/mol. The van der Waals surface area contributed by atoms with Crippen LogP contribution < -0.4 is 10.9 Å². The molecule has 0 unspecified atom stereocenters. The van der Waals surface area contributed by atoms with Crippen LogP contribution in [0.5, 0.6) is 0 Å². The van der Waals surface area contributed by atoms with E-state index in [0.717, 1.165) is 44.3 Å². The number of aryl methyl sites for hydroxylation is 6. The summed E-state index contributed by atoms with van der Waals surface area (Å²) in [6, 6.07) is 8.26. The summed E-state index contributed by atoms with van der Waals surface area (Å²) in [6.45, 7) is 18.3. The Hall–Kier alpha value is -1.14. The molecule has 0 spiro atoms. The Morgan fingerprint density at radius 2 is 0.923 bits per heavy atom. The smallest absolute Gasteiger partial charge is 0.330 e. The molecule has 0 aliphatic heterocycles. The Kier molecular flexibility index (Phi) is 5.79. The van der Waals surface area contributed by atoms with E-state index in [1.165, 1.54) is 0 Å². The van der Waals surface area contributed by atoms with Crippen LogP contribution in [0.15, 0.2) is 24.3 Å². The van der Waals surface area contributed by atoms with Crippen molar-refractivity contribution in [1.29, 1.82) is 0 Å². The van der Waals surface area contributed by atoms with Gasteiger partial charge in [-0.1, -0.05) is 57.6 Å². The molecule has 2 aromatic rings.